The molecule has 33 heavy (non-hydrogen) atoms. The zero-order chi connectivity index (χ0) is 23.2. The Bertz CT molecular complexity index is 1090. The van der Waals surface area contributed by atoms with Crippen LogP contribution < -0.4 is 0 Å². The van der Waals surface area contributed by atoms with Crippen LogP contribution in [-0.4, -0.2) is 73.0 Å². The monoisotopic (exact) mass is 471 g/mol. The van der Waals surface area contributed by atoms with Gasteiger partial charge in [-0.1, -0.05) is 18.2 Å². The van der Waals surface area contributed by atoms with Gasteiger partial charge in [-0.15, -0.1) is 0 Å². The largest absolute Gasteiger partial charge is 0.338 e. The minimum absolute atomic E-state index is 0.197. The highest BCUT2D eigenvalue weighted by Crippen LogP contribution is 2.35. The number of amides is 3. The molecular formula is C24H29N3O5S. The molecule has 2 saturated heterocycles. The molecule has 0 aromatic heterocycles. The maximum Gasteiger partial charge on any atom is 0.243 e. The second kappa shape index (κ2) is 8.68. The number of carbonyl (C=O) groups is 3. The number of likely N-dealkylation sites (tertiary alicyclic amines) is 1. The lowest BCUT2D eigenvalue weighted by Crippen LogP contribution is -2.53. The van der Waals surface area contributed by atoms with E-state index in [4.69, 9.17) is 0 Å². The van der Waals surface area contributed by atoms with E-state index in [9.17, 15) is 22.8 Å². The van der Waals surface area contributed by atoms with E-state index in [2.05, 4.69) is 0 Å². The van der Waals surface area contributed by atoms with Crippen molar-refractivity contribution in [2.45, 2.75) is 43.4 Å². The molecule has 0 N–H and O–H groups in total. The molecule has 9 heteroatoms. The van der Waals surface area contributed by atoms with Crippen molar-refractivity contribution in [3.8, 4) is 0 Å². The maximum absolute atomic E-state index is 13.2. The molecule has 0 bridgehead atoms. The highest BCUT2D eigenvalue weighted by molar-refractivity contribution is 7.89. The molecule has 4 aliphatic rings. The molecule has 176 valence electrons. The van der Waals surface area contributed by atoms with Gasteiger partial charge in [-0.3, -0.25) is 19.3 Å². The molecule has 0 radical (unpaired) electrons. The molecule has 2 heterocycles. The van der Waals surface area contributed by atoms with Crippen LogP contribution in [0.4, 0.5) is 0 Å². The number of allylic oxidation sites excluding steroid dienone is 2. The van der Waals surface area contributed by atoms with Crippen molar-refractivity contribution in [1.82, 2.24) is 14.1 Å². The molecule has 0 spiro atoms. The van der Waals surface area contributed by atoms with Gasteiger partial charge in [-0.05, 0) is 61.8 Å². The normalized spacial score (nSPS) is 25.8. The lowest BCUT2D eigenvalue weighted by Gasteiger charge is -2.34. The molecule has 3 amide bonds. The van der Waals surface area contributed by atoms with Gasteiger partial charge in [-0.25, -0.2) is 8.42 Å². The van der Waals surface area contributed by atoms with Crippen LogP contribution in [0.25, 0.3) is 0 Å². The van der Waals surface area contributed by atoms with Crippen LogP contribution in [0.2, 0.25) is 0 Å². The Morgan fingerprint density at radius 3 is 2.12 bits per heavy atom. The molecule has 1 aromatic carbocycles. The first-order chi connectivity index (χ1) is 15.9. The number of aryl methyl sites for hydroxylation is 2. The van der Waals surface area contributed by atoms with Crippen LogP contribution in [0.3, 0.4) is 0 Å². The van der Waals surface area contributed by atoms with Gasteiger partial charge in [0.1, 0.15) is 6.54 Å². The smallest absolute Gasteiger partial charge is 0.243 e. The summed E-state index contributed by atoms with van der Waals surface area (Å²) >= 11 is 0. The molecule has 2 aliphatic carbocycles. The van der Waals surface area contributed by atoms with Crippen LogP contribution in [0.15, 0.2) is 35.2 Å². The first kappa shape index (κ1) is 22.3. The van der Waals surface area contributed by atoms with Gasteiger partial charge in [0.25, 0.3) is 0 Å². The van der Waals surface area contributed by atoms with Crippen molar-refractivity contribution < 1.29 is 22.8 Å². The quantitative estimate of drug-likeness (QED) is 0.488. The highest BCUT2D eigenvalue weighted by atomic mass is 32.2. The second-order valence-corrected chi connectivity index (χ2v) is 11.3. The summed E-state index contributed by atoms with van der Waals surface area (Å²) in [7, 11) is -3.63. The van der Waals surface area contributed by atoms with E-state index < -0.39 is 10.0 Å². The Morgan fingerprint density at radius 1 is 0.879 bits per heavy atom. The topological polar surface area (TPSA) is 95.1 Å². The Kier molecular flexibility index (Phi) is 5.86. The van der Waals surface area contributed by atoms with E-state index in [1.54, 1.807) is 17.0 Å². The van der Waals surface area contributed by atoms with E-state index in [-0.39, 0.29) is 62.3 Å². The van der Waals surface area contributed by atoms with E-state index >= 15 is 0 Å². The van der Waals surface area contributed by atoms with Crippen molar-refractivity contribution in [3.63, 3.8) is 0 Å². The number of imide groups is 1. The molecule has 8 nitrogen and oxygen atoms in total. The van der Waals surface area contributed by atoms with Gasteiger partial charge in [0.2, 0.25) is 27.7 Å². The van der Waals surface area contributed by atoms with Crippen LogP contribution >= 0.6 is 0 Å². The number of hydrogen-bond acceptors (Lipinski definition) is 5. The number of carbonyl (C=O) groups excluding carboxylic acids is 3. The van der Waals surface area contributed by atoms with Crippen LogP contribution in [0.5, 0.6) is 0 Å². The van der Waals surface area contributed by atoms with Gasteiger partial charge in [0.15, 0.2) is 0 Å². The van der Waals surface area contributed by atoms with Crippen molar-refractivity contribution >= 4 is 27.7 Å². The number of piperazine rings is 1. The fourth-order valence-electron chi connectivity index (χ4n) is 5.46. The second-order valence-electron chi connectivity index (χ2n) is 9.34. The number of sulfonamides is 1. The number of fused-ring (bicyclic) bond motifs is 2. The lowest BCUT2D eigenvalue weighted by atomic mass is 9.85. The third kappa shape index (κ3) is 4.01. The minimum atomic E-state index is -3.63. The number of hydrogen-bond donors (Lipinski definition) is 0. The molecule has 2 atom stereocenters. The highest BCUT2D eigenvalue weighted by Gasteiger charge is 2.48. The average Bonchev–Trinajstić information content (AvgIpc) is 3.08. The minimum Gasteiger partial charge on any atom is -0.338 e. The summed E-state index contributed by atoms with van der Waals surface area (Å²) < 4.78 is 27.8. The first-order valence-electron chi connectivity index (χ1n) is 11.8. The Morgan fingerprint density at radius 2 is 1.48 bits per heavy atom. The molecule has 0 unspecified atom stereocenters. The summed E-state index contributed by atoms with van der Waals surface area (Å²) in [6.07, 6.45) is 9.04. The summed E-state index contributed by atoms with van der Waals surface area (Å²) in [5.74, 6) is -1.55. The van der Waals surface area contributed by atoms with Gasteiger partial charge in [0, 0.05) is 26.2 Å². The third-order valence-electron chi connectivity index (χ3n) is 7.44. The van der Waals surface area contributed by atoms with Crippen molar-refractivity contribution in [2.24, 2.45) is 11.8 Å². The van der Waals surface area contributed by atoms with E-state index in [1.165, 1.54) is 9.87 Å². The standard InChI is InChI=1S/C24H29N3O5S/c28-22(16-27-23(29)20-7-3-4-8-21(20)24(27)30)25-11-13-26(14-12-25)33(31,32)19-10-9-17-5-1-2-6-18(17)15-19/h3-4,9-10,15,20-21H,1-2,5-8,11-14,16H2/t20-,21-/m0/s1. The number of benzene rings is 1. The predicted molar refractivity (Wildman–Crippen MR) is 120 cm³/mol. The molecule has 1 aromatic rings. The van der Waals surface area contributed by atoms with E-state index in [0.29, 0.717) is 17.7 Å². The Balaban J connectivity index is 1.21. The molecule has 5 rings (SSSR count). The third-order valence-corrected chi connectivity index (χ3v) is 9.34. The zero-order valence-electron chi connectivity index (χ0n) is 18.6. The van der Waals surface area contributed by atoms with Crippen LogP contribution in [-0.2, 0) is 37.2 Å². The summed E-state index contributed by atoms with van der Waals surface area (Å²) in [6.45, 7) is 0.619. The summed E-state index contributed by atoms with van der Waals surface area (Å²) in [5.41, 5.74) is 2.35. The van der Waals surface area contributed by atoms with Gasteiger partial charge in [0.05, 0.1) is 16.7 Å². The van der Waals surface area contributed by atoms with E-state index in [1.807, 2.05) is 18.2 Å². The average molecular weight is 472 g/mol. The number of nitrogens with zero attached hydrogens (tertiary/aromatic N) is 3. The number of rotatable bonds is 4. The van der Waals surface area contributed by atoms with Crippen LogP contribution in [0, 0.1) is 11.8 Å². The fraction of sp³-hybridized carbons (Fsp3) is 0.542. The summed E-state index contributed by atoms with van der Waals surface area (Å²) in [5, 5.41) is 0. The van der Waals surface area contributed by atoms with Crippen molar-refractivity contribution in [3.05, 3.63) is 41.5 Å². The molecule has 2 aliphatic heterocycles. The molecule has 0 saturated carbocycles. The summed E-state index contributed by atoms with van der Waals surface area (Å²) in [4.78, 5) is 41.0. The van der Waals surface area contributed by atoms with Crippen LogP contribution in [0.1, 0.15) is 36.8 Å². The maximum atomic E-state index is 13.2. The fourth-order valence-corrected chi connectivity index (χ4v) is 6.93. The van der Waals surface area contributed by atoms with Gasteiger partial charge < -0.3 is 4.90 Å². The first-order valence-corrected chi connectivity index (χ1v) is 13.2. The zero-order valence-corrected chi connectivity index (χ0v) is 19.4. The Labute approximate surface area is 194 Å². The van der Waals surface area contributed by atoms with Crippen molar-refractivity contribution in [2.75, 3.05) is 32.7 Å². The van der Waals surface area contributed by atoms with Gasteiger partial charge >= 0.3 is 0 Å². The molecule has 2 fully saturated rings. The van der Waals surface area contributed by atoms with Crippen molar-refractivity contribution in [1.29, 1.82) is 0 Å². The summed E-state index contributed by atoms with van der Waals surface area (Å²) in [6, 6.07) is 5.43. The van der Waals surface area contributed by atoms with E-state index in [0.717, 1.165) is 36.1 Å². The molecular weight excluding hydrogens is 442 g/mol. The Hall–Kier alpha value is -2.52. The lowest BCUT2D eigenvalue weighted by molar-refractivity contribution is -0.147. The van der Waals surface area contributed by atoms with Gasteiger partial charge in [-0.2, -0.15) is 4.31 Å². The predicted octanol–water partition coefficient (Wildman–Crippen LogP) is 1.35. The SMILES string of the molecule is O=C(CN1C(=O)[C@H]2CC=CC[C@@H]2C1=O)N1CCN(S(=O)(=O)c2ccc3c(c2)CCCC3)CC1.